The van der Waals surface area contributed by atoms with Crippen LogP contribution < -0.4 is 5.32 Å². The lowest BCUT2D eigenvalue weighted by molar-refractivity contribution is -0.385. The summed E-state index contributed by atoms with van der Waals surface area (Å²) in [5, 5.41) is 22.5. The Balaban J connectivity index is 2.62. The van der Waals surface area contributed by atoms with Gasteiger partial charge in [-0.15, -0.1) is 0 Å². The Morgan fingerprint density at radius 3 is 2.70 bits per heavy atom. The fourth-order valence-electron chi connectivity index (χ4n) is 1.48. The standard InChI is InChI=1S/C12H16N2O5S/c1-8(20(2)19)5-6-13-12(16)9-3-4-10(14(17)18)11(15)7-9/h3-4,7-8,15H,5-6H2,1-2H3,(H,13,16). The van der Waals surface area contributed by atoms with Gasteiger partial charge in [0.25, 0.3) is 5.91 Å². The van der Waals surface area contributed by atoms with Crippen LogP contribution in [0.4, 0.5) is 5.69 Å². The molecule has 0 heterocycles. The van der Waals surface area contributed by atoms with Crippen LogP contribution in [0.15, 0.2) is 18.2 Å². The highest BCUT2D eigenvalue weighted by Gasteiger charge is 2.16. The highest BCUT2D eigenvalue weighted by atomic mass is 32.2. The van der Waals surface area contributed by atoms with Crippen LogP contribution in [0.2, 0.25) is 0 Å². The lowest BCUT2D eigenvalue weighted by atomic mass is 10.1. The van der Waals surface area contributed by atoms with Crippen molar-refractivity contribution in [1.82, 2.24) is 5.32 Å². The highest BCUT2D eigenvalue weighted by Crippen LogP contribution is 2.26. The molecule has 110 valence electrons. The summed E-state index contributed by atoms with van der Waals surface area (Å²) in [5.41, 5.74) is -0.310. The van der Waals surface area contributed by atoms with Crippen molar-refractivity contribution in [2.75, 3.05) is 12.8 Å². The SMILES string of the molecule is CC(CCNC(=O)c1ccc([N+](=O)[O-])c(O)c1)S(C)=O. The molecule has 0 saturated heterocycles. The molecular weight excluding hydrogens is 284 g/mol. The average Bonchev–Trinajstić information content (AvgIpc) is 2.37. The van der Waals surface area contributed by atoms with Crippen molar-refractivity contribution in [3.8, 4) is 5.75 Å². The monoisotopic (exact) mass is 300 g/mol. The third-order valence-electron chi connectivity index (χ3n) is 2.84. The summed E-state index contributed by atoms with van der Waals surface area (Å²) < 4.78 is 11.1. The van der Waals surface area contributed by atoms with Crippen molar-refractivity contribution in [1.29, 1.82) is 0 Å². The number of phenolic OH excluding ortho intramolecular Hbond substituents is 1. The summed E-state index contributed by atoms with van der Waals surface area (Å²) in [6.45, 7) is 2.16. The lowest BCUT2D eigenvalue weighted by Crippen LogP contribution is -2.27. The number of nitrogens with zero attached hydrogens (tertiary/aromatic N) is 1. The fraction of sp³-hybridized carbons (Fsp3) is 0.417. The minimum absolute atomic E-state index is 0.0273. The summed E-state index contributed by atoms with van der Waals surface area (Å²) >= 11 is 0. The molecule has 2 atom stereocenters. The third kappa shape index (κ3) is 4.30. The molecule has 2 N–H and O–H groups in total. The van der Waals surface area contributed by atoms with Gasteiger partial charge >= 0.3 is 5.69 Å². The van der Waals surface area contributed by atoms with Gasteiger partial charge in [0.2, 0.25) is 0 Å². The summed E-state index contributed by atoms with van der Waals surface area (Å²) in [6.07, 6.45) is 2.16. The maximum absolute atomic E-state index is 11.8. The molecule has 0 aliphatic heterocycles. The molecule has 1 aromatic rings. The average molecular weight is 300 g/mol. The second-order valence-electron chi connectivity index (χ2n) is 4.31. The van der Waals surface area contributed by atoms with Crippen LogP contribution in [0, 0.1) is 10.1 Å². The maximum Gasteiger partial charge on any atom is 0.310 e. The predicted octanol–water partition coefficient (Wildman–Crippen LogP) is 1.19. The Kier molecular flexibility index (Phi) is 5.63. The molecule has 0 aromatic heterocycles. The van der Waals surface area contributed by atoms with Crippen molar-refractivity contribution in [2.24, 2.45) is 0 Å². The van der Waals surface area contributed by atoms with E-state index < -0.39 is 33.1 Å². The molecule has 0 aliphatic rings. The van der Waals surface area contributed by atoms with Gasteiger partial charge in [0, 0.05) is 40.5 Å². The van der Waals surface area contributed by atoms with Crippen LogP contribution in [-0.4, -0.2) is 38.2 Å². The van der Waals surface area contributed by atoms with E-state index in [0.717, 1.165) is 12.1 Å². The minimum Gasteiger partial charge on any atom is -0.502 e. The highest BCUT2D eigenvalue weighted by molar-refractivity contribution is 7.84. The van der Waals surface area contributed by atoms with Gasteiger partial charge in [-0.2, -0.15) is 0 Å². The molecule has 0 saturated carbocycles. The van der Waals surface area contributed by atoms with Gasteiger partial charge in [0.1, 0.15) is 0 Å². The van der Waals surface area contributed by atoms with E-state index in [1.807, 2.05) is 6.92 Å². The van der Waals surface area contributed by atoms with Crippen molar-refractivity contribution in [3.05, 3.63) is 33.9 Å². The summed E-state index contributed by atoms with van der Waals surface area (Å²) in [4.78, 5) is 21.6. The number of nitro benzene ring substituents is 1. The van der Waals surface area contributed by atoms with E-state index in [1.165, 1.54) is 6.07 Å². The molecule has 1 rings (SSSR count). The Hall–Kier alpha value is -1.96. The van der Waals surface area contributed by atoms with Crippen molar-refractivity contribution in [2.45, 2.75) is 18.6 Å². The van der Waals surface area contributed by atoms with Crippen molar-refractivity contribution >= 4 is 22.4 Å². The van der Waals surface area contributed by atoms with Crippen LogP contribution in [0.3, 0.4) is 0 Å². The van der Waals surface area contributed by atoms with Gasteiger partial charge in [0.05, 0.1) is 4.92 Å². The number of hydrogen-bond acceptors (Lipinski definition) is 5. The topological polar surface area (TPSA) is 110 Å². The number of amides is 1. The van der Waals surface area contributed by atoms with E-state index in [9.17, 15) is 24.2 Å². The molecule has 0 spiro atoms. The molecule has 8 heteroatoms. The Bertz CT molecular complexity index is 547. The normalized spacial score (nSPS) is 13.5. The molecule has 2 unspecified atom stereocenters. The number of carbonyl (C=O) groups excluding carboxylic acids is 1. The van der Waals surface area contributed by atoms with Gasteiger partial charge in [-0.05, 0) is 18.6 Å². The Morgan fingerprint density at radius 2 is 2.20 bits per heavy atom. The van der Waals surface area contributed by atoms with Gasteiger partial charge in [-0.3, -0.25) is 19.1 Å². The molecular formula is C12H16N2O5S. The van der Waals surface area contributed by atoms with E-state index in [4.69, 9.17) is 0 Å². The fourth-order valence-corrected chi connectivity index (χ4v) is 1.93. The predicted molar refractivity (Wildman–Crippen MR) is 75.2 cm³/mol. The zero-order valence-electron chi connectivity index (χ0n) is 11.2. The number of phenols is 1. The first-order valence-corrected chi connectivity index (χ1v) is 7.53. The van der Waals surface area contributed by atoms with Crippen molar-refractivity contribution < 1.29 is 19.0 Å². The molecule has 20 heavy (non-hydrogen) atoms. The van der Waals surface area contributed by atoms with Crippen LogP contribution in [0.25, 0.3) is 0 Å². The first kappa shape index (κ1) is 16.1. The number of hydrogen-bond donors (Lipinski definition) is 2. The zero-order valence-corrected chi connectivity index (χ0v) is 12.0. The molecule has 1 amide bonds. The van der Waals surface area contributed by atoms with Gasteiger partial charge in [0.15, 0.2) is 5.75 Å². The molecule has 0 bridgehead atoms. The number of nitrogens with one attached hydrogen (secondary N) is 1. The Labute approximate surface area is 118 Å². The second kappa shape index (κ2) is 6.99. The van der Waals surface area contributed by atoms with E-state index in [-0.39, 0.29) is 10.8 Å². The third-order valence-corrected chi connectivity index (χ3v) is 4.21. The number of carbonyl (C=O) groups is 1. The van der Waals surface area contributed by atoms with Crippen LogP contribution in [-0.2, 0) is 10.8 Å². The van der Waals surface area contributed by atoms with Crippen molar-refractivity contribution in [3.63, 3.8) is 0 Å². The molecule has 0 fully saturated rings. The van der Waals surface area contributed by atoms with E-state index >= 15 is 0 Å². The second-order valence-corrected chi connectivity index (χ2v) is 6.12. The number of nitro groups is 1. The molecule has 0 aliphatic carbocycles. The molecule has 0 radical (unpaired) electrons. The first-order valence-electron chi connectivity index (χ1n) is 5.90. The largest absolute Gasteiger partial charge is 0.502 e. The minimum atomic E-state index is -0.948. The smallest absolute Gasteiger partial charge is 0.310 e. The van der Waals surface area contributed by atoms with E-state index in [1.54, 1.807) is 6.26 Å². The molecule has 7 nitrogen and oxygen atoms in total. The quantitative estimate of drug-likeness (QED) is 0.605. The van der Waals surface area contributed by atoms with Crippen LogP contribution in [0.1, 0.15) is 23.7 Å². The van der Waals surface area contributed by atoms with E-state index in [0.29, 0.717) is 13.0 Å². The maximum atomic E-state index is 11.8. The summed E-state index contributed by atoms with van der Waals surface area (Å²) in [5.74, 6) is -0.991. The Morgan fingerprint density at radius 1 is 1.55 bits per heavy atom. The lowest BCUT2D eigenvalue weighted by Gasteiger charge is -2.09. The summed E-state index contributed by atoms with van der Waals surface area (Å²) in [6, 6.07) is 3.40. The van der Waals surface area contributed by atoms with E-state index in [2.05, 4.69) is 5.32 Å². The number of benzene rings is 1. The number of rotatable bonds is 6. The van der Waals surface area contributed by atoms with Crippen LogP contribution >= 0.6 is 0 Å². The summed E-state index contributed by atoms with van der Waals surface area (Å²) in [7, 11) is -0.948. The molecule has 1 aromatic carbocycles. The van der Waals surface area contributed by atoms with Gasteiger partial charge in [-0.25, -0.2) is 0 Å². The first-order chi connectivity index (χ1) is 9.32. The van der Waals surface area contributed by atoms with Crippen LogP contribution in [0.5, 0.6) is 5.75 Å². The number of aromatic hydroxyl groups is 1. The van der Waals surface area contributed by atoms with Gasteiger partial charge < -0.3 is 10.4 Å². The zero-order chi connectivity index (χ0) is 15.3. The van der Waals surface area contributed by atoms with Gasteiger partial charge in [-0.1, -0.05) is 6.92 Å².